The van der Waals surface area contributed by atoms with E-state index in [0.717, 1.165) is 19.1 Å². The largest absolute Gasteiger partial charge is 0.350 e. The van der Waals surface area contributed by atoms with Crippen molar-refractivity contribution in [1.29, 1.82) is 0 Å². The smallest absolute Gasteiger partial charge is 0.120 e. The van der Waals surface area contributed by atoms with E-state index >= 15 is 0 Å². The van der Waals surface area contributed by atoms with Crippen LogP contribution in [0, 0.1) is 0 Å². The predicted molar refractivity (Wildman–Crippen MR) is 80.5 cm³/mol. The average Bonchev–Trinajstić information content (AvgIpc) is 2.76. The molecule has 1 aromatic carbocycles. The van der Waals surface area contributed by atoms with Gasteiger partial charge in [0, 0.05) is 36.0 Å². The molecule has 0 radical (unpaired) electrons. The number of carbonyl (C=O) groups excluding carboxylic acids is 1. The van der Waals surface area contributed by atoms with Crippen molar-refractivity contribution in [2.75, 3.05) is 0 Å². The van der Waals surface area contributed by atoms with Crippen LogP contribution in [0.3, 0.4) is 0 Å². The first-order valence-corrected chi connectivity index (χ1v) is 7.10. The molecule has 0 bridgehead atoms. The van der Waals surface area contributed by atoms with Crippen LogP contribution in [0.5, 0.6) is 0 Å². The van der Waals surface area contributed by atoms with Gasteiger partial charge in [0.2, 0.25) is 0 Å². The van der Waals surface area contributed by atoms with E-state index in [9.17, 15) is 4.79 Å². The summed E-state index contributed by atoms with van der Waals surface area (Å²) >= 11 is 0. The Morgan fingerprint density at radius 2 is 2.05 bits per heavy atom. The number of benzene rings is 1. The molecule has 2 aromatic rings. The summed E-state index contributed by atoms with van der Waals surface area (Å²) < 4.78 is 2.17. The number of aldehydes is 1. The molecule has 0 aliphatic rings. The van der Waals surface area contributed by atoms with Crippen molar-refractivity contribution in [1.82, 2.24) is 4.57 Å². The van der Waals surface area contributed by atoms with E-state index in [2.05, 4.69) is 55.9 Å². The first kappa shape index (κ1) is 13.9. The molecule has 0 unspecified atom stereocenters. The van der Waals surface area contributed by atoms with E-state index in [1.54, 1.807) is 0 Å². The summed E-state index contributed by atoms with van der Waals surface area (Å²) in [6.45, 7) is 4.42. The SMILES string of the molecule is CCCC[C@@](C)(CC=O)c1cn(C)c2ccccc12. The van der Waals surface area contributed by atoms with Gasteiger partial charge in [-0.25, -0.2) is 0 Å². The molecule has 2 rings (SSSR count). The third kappa shape index (κ3) is 2.58. The lowest BCUT2D eigenvalue weighted by Gasteiger charge is -2.27. The van der Waals surface area contributed by atoms with Gasteiger partial charge in [0.25, 0.3) is 0 Å². The number of nitrogens with zero attached hydrogens (tertiary/aromatic N) is 1. The molecule has 0 saturated carbocycles. The minimum absolute atomic E-state index is 0.0430. The van der Waals surface area contributed by atoms with Crippen LogP contribution < -0.4 is 0 Å². The summed E-state index contributed by atoms with van der Waals surface area (Å²) in [6.07, 6.45) is 7.26. The van der Waals surface area contributed by atoms with E-state index in [4.69, 9.17) is 0 Å². The molecule has 0 aliphatic heterocycles. The molecule has 1 aromatic heterocycles. The van der Waals surface area contributed by atoms with Crippen LogP contribution >= 0.6 is 0 Å². The van der Waals surface area contributed by atoms with Gasteiger partial charge in [-0.15, -0.1) is 0 Å². The van der Waals surface area contributed by atoms with E-state index < -0.39 is 0 Å². The average molecular weight is 257 g/mol. The fourth-order valence-electron chi connectivity index (χ4n) is 2.92. The monoisotopic (exact) mass is 257 g/mol. The number of rotatable bonds is 6. The van der Waals surface area contributed by atoms with Gasteiger partial charge in [0.15, 0.2) is 0 Å². The van der Waals surface area contributed by atoms with Crippen LogP contribution in [-0.2, 0) is 17.3 Å². The zero-order valence-corrected chi connectivity index (χ0v) is 12.1. The van der Waals surface area contributed by atoms with Gasteiger partial charge < -0.3 is 9.36 Å². The van der Waals surface area contributed by atoms with Gasteiger partial charge in [-0.2, -0.15) is 0 Å². The Balaban J connectivity index is 2.52. The molecule has 1 heterocycles. The summed E-state index contributed by atoms with van der Waals surface area (Å²) in [6, 6.07) is 8.45. The predicted octanol–water partition coefficient (Wildman–Crippen LogP) is 4.22. The van der Waals surface area contributed by atoms with Crippen LogP contribution in [0.4, 0.5) is 0 Å². The topological polar surface area (TPSA) is 22.0 Å². The van der Waals surface area contributed by atoms with Crippen molar-refractivity contribution < 1.29 is 4.79 Å². The van der Waals surface area contributed by atoms with Crippen molar-refractivity contribution in [3.05, 3.63) is 36.0 Å². The molecule has 2 nitrogen and oxygen atoms in total. The van der Waals surface area contributed by atoms with Crippen molar-refractivity contribution >= 4 is 17.2 Å². The highest BCUT2D eigenvalue weighted by molar-refractivity contribution is 5.85. The molecule has 0 N–H and O–H groups in total. The molecule has 2 heteroatoms. The maximum atomic E-state index is 11.1. The van der Waals surface area contributed by atoms with E-state index in [1.807, 2.05) is 0 Å². The molecule has 0 saturated heterocycles. The molecule has 1 atom stereocenters. The van der Waals surface area contributed by atoms with Crippen LogP contribution in [-0.4, -0.2) is 10.9 Å². The van der Waals surface area contributed by atoms with Crippen molar-refractivity contribution in [2.45, 2.75) is 44.9 Å². The quantitative estimate of drug-likeness (QED) is 0.710. The Hall–Kier alpha value is -1.57. The molecule has 0 amide bonds. The summed E-state index contributed by atoms with van der Waals surface area (Å²) in [4.78, 5) is 11.1. The fourth-order valence-corrected chi connectivity index (χ4v) is 2.92. The zero-order chi connectivity index (χ0) is 13.9. The second-order valence-corrected chi connectivity index (χ2v) is 5.71. The van der Waals surface area contributed by atoms with Crippen LogP contribution in [0.2, 0.25) is 0 Å². The minimum atomic E-state index is -0.0430. The maximum Gasteiger partial charge on any atom is 0.120 e. The van der Waals surface area contributed by atoms with Crippen molar-refractivity contribution in [2.24, 2.45) is 7.05 Å². The highest BCUT2D eigenvalue weighted by atomic mass is 16.1. The molecule has 0 fully saturated rings. The summed E-state index contributed by atoms with van der Waals surface area (Å²) in [7, 11) is 2.08. The summed E-state index contributed by atoms with van der Waals surface area (Å²) in [5, 5.41) is 1.28. The third-order valence-corrected chi connectivity index (χ3v) is 4.16. The van der Waals surface area contributed by atoms with E-state index in [1.165, 1.54) is 22.9 Å². The fraction of sp³-hybridized carbons (Fsp3) is 0.471. The molecule has 19 heavy (non-hydrogen) atoms. The van der Waals surface area contributed by atoms with Crippen LogP contribution in [0.15, 0.2) is 30.5 Å². The summed E-state index contributed by atoms with van der Waals surface area (Å²) in [5.74, 6) is 0. The van der Waals surface area contributed by atoms with E-state index in [-0.39, 0.29) is 5.41 Å². The number of hydrogen-bond donors (Lipinski definition) is 0. The highest BCUT2D eigenvalue weighted by Gasteiger charge is 2.28. The minimum Gasteiger partial charge on any atom is -0.350 e. The second kappa shape index (κ2) is 5.60. The second-order valence-electron chi connectivity index (χ2n) is 5.71. The Bertz CT molecular complexity index is 570. The highest BCUT2D eigenvalue weighted by Crippen LogP contribution is 2.37. The summed E-state index contributed by atoms with van der Waals surface area (Å²) in [5.41, 5.74) is 2.51. The third-order valence-electron chi connectivity index (χ3n) is 4.16. The van der Waals surface area contributed by atoms with Crippen LogP contribution in [0.25, 0.3) is 10.9 Å². The van der Waals surface area contributed by atoms with Gasteiger partial charge in [-0.1, -0.05) is 44.9 Å². The van der Waals surface area contributed by atoms with Gasteiger partial charge in [-0.05, 0) is 18.1 Å². The lowest BCUT2D eigenvalue weighted by Crippen LogP contribution is -2.22. The van der Waals surface area contributed by atoms with Gasteiger partial charge >= 0.3 is 0 Å². The molecular weight excluding hydrogens is 234 g/mol. The number of aromatic nitrogens is 1. The Morgan fingerprint density at radius 1 is 1.32 bits per heavy atom. The lowest BCUT2D eigenvalue weighted by molar-refractivity contribution is -0.108. The molecule has 102 valence electrons. The number of aryl methyl sites for hydroxylation is 1. The normalized spacial score (nSPS) is 14.5. The van der Waals surface area contributed by atoms with Crippen molar-refractivity contribution in [3.8, 4) is 0 Å². The Morgan fingerprint density at radius 3 is 2.74 bits per heavy atom. The van der Waals surface area contributed by atoms with Gasteiger partial charge in [0.1, 0.15) is 6.29 Å². The number of fused-ring (bicyclic) bond motifs is 1. The zero-order valence-electron chi connectivity index (χ0n) is 12.1. The van der Waals surface area contributed by atoms with Crippen molar-refractivity contribution in [3.63, 3.8) is 0 Å². The maximum absolute atomic E-state index is 11.1. The Labute approximate surface area is 115 Å². The number of unbranched alkanes of at least 4 members (excludes halogenated alkanes) is 1. The number of hydrogen-bond acceptors (Lipinski definition) is 1. The van der Waals surface area contributed by atoms with Crippen LogP contribution in [0.1, 0.15) is 45.1 Å². The number of carbonyl (C=O) groups is 1. The molecule has 0 spiro atoms. The molecule has 0 aliphatic carbocycles. The first-order chi connectivity index (χ1) is 9.12. The van der Waals surface area contributed by atoms with Gasteiger partial charge in [-0.3, -0.25) is 0 Å². The first-order valence-electron chi connectivity index (χ1n) is 7.10. The standard InChI is InChI=1S/C17H23NO/c1-4-5-10-17(2,11-12-19)15-13-18(3)16-9-7-6-8-14(15)16/h6-9,12-13H,4-5,10-11H2,1-3H3/t17-/m0/s1. The van der Waals surface area contributed by atoms with E-state index in [0.29, 0.717) is 6.42 Å². The lowest BCUT2D eigenvalue weighted by atomic mass is 9.76. The Kier molecular flexibility index (Phi) is 4.08. The number of para-hydroxylation sites is 1. The molecular formula is C17H23NO. The van der Waals surface area contributed by atoms with Gasteiger partial charge in [0.05, 0.1) is 0 Å².